The Kier molecular flexibility index (Phi) is 4.32. The van der Waals surface area contributed by atoms with Crippen molar-refractivity contribution >= 4 is 11.3 Å². The zero-order valence-corrected chi connectivity index (χ0v) is 12.8. The first-order valence-corrected chi connectivity index (χ1v) is 7.44. The van der Waals surface area contributed by atoms with Gasteiger partial charge in [-0.05, 0) is 19.1 Å². The third-order valence-corrected chi connectivity index (χ3v) is 3.86. The summed E-state index contributed by atoms with van der Waals surface area (Å²) in [4.78, 5) is 9.04. The molecule has 19 heavy (non-hydrogen) atoms. The largest absolute Gasteiger partial charge is 0.302 e. The topological polar surface area (TPSA) is 37.8 Å². The number of aromatic nitrogens is 2. The van der Waals surface area contributed by atoms with E-state index in [-0.39, 0.29) is 11.5 Å². The summed E-state index contributed by atoms with van der Waals surface area (Å²) >= 11 is 1.72. The van der Waals surface area contributed by atoms with Crippen LogP contribution in [0.2, 0.25) is 0 Å². The number of nitrogens with one attached hydrogen (secondary N) is 1. The summed E-state index contributed by atoms with van der Waals surface area (Å²) < 4.78 is 0. The lowest BCUT2D eigenvalue weighted by molar-refractivity contribution is 0.547. The molecule has 2 heterocycles. The van der Waals surface area contributed by atoms with Gasteiger partial charge in [0.25, 0.3) is 0 Å². The quantitative estimate of drug-likeness (QED) is 0.925. The van der Waals surface area contributed by atoms with Gasteiger partial charge < -0.3 is 5.32 Å². The monoisotopic (exact) mass is 275 g/mol. The molecule has 2 rings (SSSR count). The lowest BCUT2D eigenvalue weighted by Gasteiger charge is -2.14. The molecule has 2 aromatic heterocycles. The van der Waals surface area contributed by atoms with Gasteiger partial charge in [-0.15, -0.1) is 11.3 Å². The van der Waals surface area contributed by atoms with Crippen LogP contribution in [0.1, 0.15) is 50.1 Å². The minimum atomic E-state index is 0.126. The van der Waals surface area contributed by atoms with E-state index in [2.05, 4.69) is 48.4 Å². The molecule has 0 fully saturated rings. The molecule has 0 aliphatic heterocycles. The van der Waals surface area contributed by atoms with Crippen molar-refractivity contribution in [3.05, 3.63) is 46.2 Å². The summed E-state index contributed by atoms with van der Waals surface area (Å²) in [7, 11) is 0. The maximum Gasteiger partial charge on any atom is 0.107 e. The van der Waals surface area contributed by atoms with E-state index in [1.165, 1.54) is 5.69 Å². The average molecular weight is 275 g/mol. The van der Waals surface area contributed by atoms with Gasteiger partial charge in [0.1, 0.15) is 5.01 Å². The van der Waals surface area contributed by atoms with Gasteiger partial charge in [-0.1, -0.05) is 26.8 Å². The van der Waals surface area contributed by atoms with E-state index >= 15 is 0 Å². The molecule has 1 N–H and O–H groups in total. The maximum atomic E-state index is 4.68. The van der Waals surface area contributed by atoms with Gasteiger partial charge in [0.15, 0.2) is 0 Å². The minimum absolute atomic E-state index is 0.126. The summed E-state index contributed by atoms with van der Waals surface area (Å²) in [6, 6.07) is 6.23. The molecule has 0 bridgehead atoms. The molecule has 2 aromatic rings. The Hall–Kier alpha value is -1.26. The van der Waals surface area contributed by atoms with E-state index < -0.39 is 0 Å². The van der Waals surface area contributed by atoms with Crippen molar-refractivity contribution in [1.29, 1.82) is 0 Å². The summed E-state index contributed by atoms with van der Waals surface area (Å²) in [6.45, 7) is 9.49. The SMILES string of the molecule is C[C@H](NCc1nc(C(C)(C)C)cs1)c1ccccn1. The van der Waals surface area contributed by atoms with Gasteiger partial charge in [0.2, 0.25) is 0 Å². The molecular weight excluding hydrogens is 254 g/mol. The number of rotatable bonds is 4. The first kappa shape index (κ1) is 14.2. The zero-order chi connectivity index (χ0) is 13.9. The third-order valence-electron chi connectivity index (χ3n) is 3.01. The van der Waals surface area contributed by atoms with Crippen molar-refractivity contribution in [2.24, 2.45) is 0 Å². The second-order valence-corrected chi connectivity index (χ2v) is 6.68. The molecule has 0 radical (unpaired) electrons. The van der Waals surface area contributed by atoms with Crippen molar-refractivity contribution in [2.45, 2.75) is 45.7 Å². The van der Waals surface area contributed by atoms with Crippen molar-refractivity contribution in [3.8, 4) is 0 Å². The van der Waals surface area contributed by atoms with Gasteiger partial charge >= 0.3 is 0 Å². The molecule has 0 saturated heterocycles. The van der Waals surface area contributed by atoms with Crippen LogP contribution in [0.15, 0.2) is 29.8 Å². The summed E-state index contributed by atoms with van der Waals surface area (Å²) in [6.07, 6.45) is 1.83. The highest BCUT2D eigenvalue weighted by Gasteiger charge is 2.17. The fourth-order valence-corrected chi connectivity index (χ4v) is 2.69. The van der Waals surface area contributed by atoms with E-state index in [9.17, 15) is 0 Å². The van der Waals surface area contributed by atoms with Crippen molar-refractivity contribution in [1.82, 2.24) is 15.3 Å². The number of hydrogen-bond donors (Lipinski definition) is 1. The predicted molar refractivity (Wildman–Crippen MR) is 80.3 cm³/mol. The number of pyridine rings is 1. The van der Waals surface area contributed by atoms with E-state index in [0.29, 0.717) is 0 Å². The fraction of sp³-hybridized carbons (Fsp3) is 0.467. The van der Waals surface area contributed by atoms with Gasteiger partial charge in [0.05, 0.1) is 11.4 Å². The van der Waals surface area contributed by atoms with Crippen LogP contribution in [0, 0.1) is 0 Å². The van der Waals surface area contributed by atoms with Crippen molar-refractivity contribution < 1.29 is 0 Å². The molecule has 0 aliphatic rings. The number of hydrogen-bond acceptors (Lipinski definition) is 4. The van der Waals surface area contributed by atoms with Crippen LogP contribution >= 0.6 is 11.3 Å². The Labute approximate surface area is 119 Å². The molecule has 0 saturated carbocycles. The highest BCUT2D eigenvalue weighted by molar-refractivity contribution is 7.09. The van der Waals surface area contributed by atoms with Crippen molar-refractivity contribution in [3.63, 3.8) is 0 Å². The van der Waals surface area contributed by atoms with E-state index in [1.807, 2.05) is 24.4 Å². The van der Waals surface area contributed by atoms with Crippen LogP contribution in [0.3, 0.4) is 0 Å². The average Bonchev–Trinajstić information content (AvgIpc) is 2.86. The van der Waals surface area contributed by atoms with Crippen LogP contribution in [0.5, 0.6) is 0 Å². The van der Waals surface area contributed by atoms with E-state index in [1.54, 1.807) is 11.3 Å². The minimum Gasteiger partial charge on any atom is -0.302 e. The Morgan fingerprint density at radius 2 is 2.11 bits per heavy atom. The predicted octanol–water partition coefficient (Wildman–Crippen LogP) is 3.69. The summed E-state index contributed by atoms with van der Waals surface area (Å²) in [5.74, 6) is 0. The van der Waals surface area contributed by atoms with Crippen LogP contribution < -0.4 is 5.32 Å². The Bertz CT molecular complexity index is 514. The lowest BCUT2D eigenvalue weighted by atomic mass is 9.93. The van der Waals surface area contributed by atoms with E-state index in [4.69, 9.17) is 0 Å². The molecule has 3 nitrogen and oxygen atoms in total. The van der Waals surface area contributed by atoms with Crippen LogP contribution in [-0.4, -0.2) is 9.97 Å². The number of thiazole rings is 1. The smallest absolute Gasteiger partial charge is 0.107 e. The van der Waals surface area contributed by atoms with Crippen LogP contribution in [-0.2, 0) is 12.0 Å². The molecular formula is C15H21N3S. The van der Waals surface area contributed by atoms with Crippen molar-refractivity contribution in [2.75, 3.05) is 0 Å². The highest BCUT2D eigenvalue weighted by Crippen LogP contribution is 2.24. The molecule has 102 valence electrons. The van der Waals surface area contributed by atoms with Crippen LogP contribution in [0.25, 0.3) is 0 Å². The molecule has 0 unspecified atom stereocenters. The number of nitrogens with zero attached hydrogens (tertiary/aromatic N) is 2. The normalized spacial score (nSPS) is 13.5. The molecule has 0 aliphatic carbocycles. The summed E-state index contributed by atoms with van der Waals surface area (Å²) in [5, 5.41) is 6.75. The Balaban J connectivity index is 1.94. The molecule has 0 amide bonds. The second kappa shape index (κ2) is 5.80. The zero-order valence-electron chi connectivity index (χ0n) is 12.0. The highest BCUT2D eigenvalue weighted by atomic mass is 32.1. The lowest BCUT2D eigenvalue weighted by Crippen LogP contribution is -2.19. The molecule has 0 aromatic carbocycles. The first-order chi connectivity index (χ1) is 8.97. The van der Waals surface area contributed by atoms with Gasteiger partial charge in [-0.3, -0.25) is 4.98 Å². The maximum absolute atomic E-state index is 4.68. The second-order valence-electron chi connectivity index (χ2n) is 5.73. The molecule has 4 heteroatoms. The Morgan fingerprint density at radius 3 is 2.68 bits per heavy atom. The van der Waals surface area contributed by atoms with Gasteiger partial charge in [-0.25, -0.2) is 4.98 Å². The fourth-order valence-electron chi connectivity index (χ4n) is 1.71. The molecule has 0 spiro atoms. The van der Waals surface area contributed by atoms with Crippen LogP contribution in [0.4, 0.5) is 0 Å². The van der Waals surface area contributed by atoms with E-state index in [0.717, 1.165) is 17.2 Å². The standard InChI is InChI=1S/C15H21N3S/c1-11(12-7-5-6-8-16-12)17-9-14-18-13(10-19-14)15(2,3)4/h5-8,10-11,17H,9H2,1-4H3/t11-/m0/s1. The third kappa shape index (κ3) is 3.85. The molecule has 1 atom stereocenters. The Morgan fingerprint density at radius 1 is 1.32 bits per heavy atom. The summed E-state index contributed by atoms with van der Waals surface area (Å²) in [5.41, 5.74) is 2.36. The first-order valence-electron chi connectivity index (χ1n) is 6.56. The van der Waals surface area contributed by atoms with Gasteiger partial charge in [-0.2, -0.15) is 0 Å². The van der Waals surface area contributed by atoms with Gasteiger partial charge in [0, 0.05) is 29.6 Å².